The summed E-state index contributed by atoms with van der Waals surface area (Å²) in [6.07, 6.45) is -3.11. The van der Waals surface area contributed by atoms with E-state index in [0.29, 0.717) is 0 Å². The number of nitriles is 2. The summed E-state index contributed by atoms with van der Waals surface area (Å²) >= 11 is -2.15. The van der Waals surface area contributed by atoms with E-state index in [9.17, 15) is 32.0 Å². The molecule has 1 atom stereocenters. The molecule has 34 heavy (non-hydrogen) atoms. The maximum absolute atomic E-state index is 13.5. The molecule has 13 heteroatoms. The first-order valence-electron chi connectivity index (χ1n) is 9.83. The summed E-state index contributed by atoms with van der Waals surface area (Å²) in [7, 11) is -3.86. The van der Waals surface area contributed by atoms with Gasteiger partial charge in [-0.15, -0.1) is 0 Å². The van der Waals surface area contributed by atoms with E-state index >= 15 is 0 Å². The number of anilines is 1. The van der Waals surface area contributed by atoms with Crippen molar-refractivity contribution < 1.29 is 31.5 Å². The molecule has 9 nitrogen and oxygen atoms in total. The first-order valence-corrected chi connectivity index (χ1v) is 14.9. The summed E-state index contributed by atoms with van der Waals surface area (Å²) in [4.78, 5) is 29.7. The second-order valence-electron chi connectivity index (χ2n) is 7.14. The summed E-state index contributed by atoms with van der Waals surface area (Å²) in [6.45, 7) is 1.46. The van der Waals surface area contributed by atoms with E-state index in [1.165, 1.54) is 36.1 Å². The standard InChI is InChI=1S/C21H17AsF2N4O5S/c1-2-33-21(30)16-7-13(9-26)20(27-17(16)19(23)24)28-10-14(11-28)18(29)22-34(31,32)15-5-3-4-12(6-15)8-25/h3-7,14,19,22H,2,10-11H2,1H3. The van der Waals surface area contributed by atoms with Crippen LogP contribution < -0.4 is 4.90 Å². The van der Waals surface area contributed by atoms with E-state index in [1.54, 1.807) is 6.07 Å². The number of alkyl halides is 2. The molecule has 1 fully saturated rings. The second kappa shape index (κ2) is 10.3. The molecule has 1 aliphatic heterocycles. The summed E-state index contributed by atoms with van der Waals surface area (Å²) < 4.78 is 56.6. The summed E-state index contributed by atoms with van der Waals surface area (Å²) in [5.41, 5.74) is -1.33. The van der Waals surface area contributed by atoms with Gasteiger partial charge in [0, 0.05) is 0 Å². The van der Waals surface area contributed by atoms with Crippen LogP contribution in [0, 0.1) is 28.6 Å². The average Bonchev–Trinajstić information content (AvgIpc) is 2.77. The van der Waals surface area contributed by atoms with E-state index in [2.05, 4.69) is 4.98 Å². The van der Waals surface area contributed by atoms with Crippen molar-refractivity contribution in [1.82, 2.24) is 4.98 Å². The van der Waals surface area contributed by atoms with Crippen molar-refractivity contribution >= 4 is 39.1 Å². The molecule has 0 aliphatic carbocycles. The fourth-order valence-corrected chi connectivity index (χ4v) is 8.93. The number of pyridine rings is 1. The Bertz CT molecular complexity index is 1330. The molecular formula is C21H17AsF2N4O5S. The Morgan fingerprint density at radius 3 is 2.56 bits per heavy atom. The Balaban J connectivity index is 1.77. The van der Waals surface area contributed by atoms with E-state index in [4.69, 9.17) is 10.00 Å². The average molecular weight is 550 g/mol. The number of esters is 1. The number of hydrogen-bond acceptors (Lipinski definition) is 9. The van der Waals surface area contributed by atoms with Gasteiger partial charge in [-0.25, -0.2) is 0 Å². The van der Waals surface area contributed by atoms with Crippen LogP contribution in [0.4, 0.5) is 14.6 Å². The zero-order chi connectivity index (χ0) is 25.0. The van der Waals surface area contributed by atoms with Gasteiger partial charge in [-0.3, -0.25) is 0 Å². The molecule has 176 valence electrons. The first kappa shape index (κ1) is 25.3. The summed E-state index contributed by atoms with van der Waals surface area (Å²) in [5.74, 6) is -1.80. The van der Waals surface area contributed by atoms with Crippen LogP contribution in [0.2, 0.25) is 0 Å². The molecule has 3 rings (SSSR count). The number of halogens is 2. The molecular weight excluding hydrogens is 533 g/mol. The molecule has 0 spiro atoms. The van der Waals surface area contributed by atoms with Crippen LogP contribution in [-0.2, 0) is 17.6 Å². The van der Waals surface area contributed by atoms with E-state index in [1.807, 2.05) is 6.07 Å². The number of rotatable bonds is 8. The molecule has 2 heterocycles. The van der Waals surface area contributed by atoms with Crippen LogP contribution in [0.3, 0.4) is 0 Å². The molecule has 1 aliphatic rings. The molecule has 0 N–H and O–H groups in total. The quantitative estimate of drug-likeness (QED) is 0.355. The monoisotopic (exact) mass is 550 g/mol. The molecule has 1 aromatic carbocycles. The van der Waals surface area contributed by atoms with Gasteiger partial charge in [-0.1, -0.05) is 0 Å². The number of ether oxygens (including phenoxy) is 1. The van der Waals surface area contributed by atoms with Crippen LogP contribution in [0.25, 0.3) is 0 Å². The van der Waals surface area contributed by atoms with Crippen LogP contribution in [0.1, 0.15) is 40.5 Å². The Hall–Kier alpha value is -3.34. The van der Waals surface area contributed by atoms with Crippen molar-refractivity contribution in [1.29, 1.82) is 10.5 Å². The third kappa shape index (κ3) is 5.24. The SMILES string of the molecule is CCOC(=O)c1cc(C#N)c(N2CC(C(=O)[AsH]S(=O)(=O)c3cccc(C#N)c3)C2)nc1C(F)F. The van der Waals surface area contributed by atoms with Crippen LogP contribution in [-0.4, -0.2) is 58.2 Å². The number of hydrogen-bond donors (Lipinski definition) is 0. The van der Waals surface area contributed by atoms with Crippen molar-refractivity contribution in [3.8, 4) is 12.1 Å². The third-order valence-corrected chi connectivity index (χ3v) is 11.6. The fraction of sp³-hybridized carbons (Fsp3) is 0.286. The minimum absolute atomic E-state index is 0.000794. The van der Waals surface area contributed by atoms with Crippen molar-refractivity contribution in [3.05, 3.63) is 52.7 Å². The third-order valence-electron chi connectivity index (χ3n) is 4.91. The van der Waals surface area contributed by atoms with Crippen molar-refractivity contribution in [2.75, 3.05) is 24.6 Å². The maximum atomic E-state index is 13.5. The predicted octanol–water partition coefficient (Wildman–Crippen LogP) is 1.73. The number of nitrogens with zero attached hydrogens (tertiary/aromatic N) is 4. The second-order valence-corrected chi connectivity index (χ2v) is 14.5. The number of carbonyl (C=O) groups excluding carboxylic acids is 2. The predicted molar refractivity (Wildman–Crippen MR) is 116 cm³/mol. The van der Waals surface area contributed by atoms with E-state index in [0.717, 1.165) is 6.07 Å². The number of aromatic nitrogens is 1. The van der Waals surface area contributed by atoms with Gasteiger partial charge in [0.25, 0.3) is 0 Å². The van der Waals surface area contributed by atoms with Crippen LogP contribution in [0.5, 0.6) is 0 Å². The van der Waals surface area contributed by atoms with Gasteiger partial charge < -0.3 is 0 Å². The van der Waals surface area contributed by atoms with Gasteiger partial charge in [0.15, 0.2) is 0 Å². The molecule has 0 amide bonds. The molecule has 1 aromatic heterocycles. The van der Waals surface area contributed by atoms with Gasteiger partial charge in [0.05, 0.1) is 0 Å². The first-order chi connectivity index (χ1) is 16.1. The normalized spacial score (nSPS) is 14.0. The molecule has 1 saturated heterocycles. The number of carbonyl (C=O) groups is 2. The zero-order valence-corrected chi connectivity index (χ0v) is 20.6. The van der Waals surface area contributed by atoms with E-state index < -0.39 is 56.8 Å². The molecule has 0 bridgehead atoms. The van der Waals surface area contributed by atoms with Crippen LogP contribution in [0.15, 0.2) is 35.2 Å². The Labute approximate surface area is 199 Å². The Morgan fingerprint density at radius 1 is 1.26 bits per heavy atom. The van der Waals surface area contributed by atoms with Gasteiger partial charge in [-0.2, -0.15) is 0 Å². The van der Waals surface area contributed by atoms with Crippen LogP contribution >= 0.6 is 0 Å². The van der Waals surface area contributed by atoms with Gasteiger partial charge in [0.2, 0.25) is 0 Å². The minimum atomic E-state index is -3.86. The van der Waals surface area contributed by atoms with Gasteiger partial charge in [0.1, 0.15) is 0 Å². The molecule has 1 unspecified atom stereocenters. The summed E-state index contributed by atoms with van der Waals surface area (Å²) in [6, 6.07) is 10.0. The topological polar surface area (TPSA) is 141 Å². The van der Waals surface area contributed by atoms with Gasteiger partial charge in [-0.05, 0) is 0 Å². The Kier molecular flexibility index (Phi) is 7.65. The molecule has 2 aromatic rings. The zero-order valence-electron chi connectivity index (χ0n) is 17.7. The molecule has 0 radical (unpaired) electrons. The van der Waals surface area contributed by atoms with Crippen molar-refractivity contribution in [3.63, 3.8) is 0 Å². The summed E-state index contributed by atoms with van der Waals surface area (Å²) in [5, 5.41) is 18.4. The fourth-order valence-electron chi connectivity index (χ4n) is 3.20. The molecule has 0 saturated carbocycles. The van der Waals surface area contributed by atoms with Gasteiger partial charge >= 0.3 is 200 Å². The van der Waals surface area contributed by atoms with Crippen molar-refractivity contribution in [2.24, 2.45) is 5.92 Å². The number of benzene rings is 1. The Morgan fingerprint density at radius 2 is 1.97 bits per heavy atom. The van der Waals surface area contributed by atoms with E-state index in [-0.39, 0.29) is 41.5 Å². The van der Waals surface area contributed by atoms with Crippen molar-refractivity contribution in [2.45, 2.75) is 18.2 Å².